The number of rotatable bonds is 2. The molecule has 1 aliphatic rings. The lowest BCUT2D eigenvalue weighted by atomic mass is 10.2. The average Bonchev–Trinajstić information content (AvgIpc) is 2.74. The fourth-order valence-corrected chi connectivity index (χ4v) is 2.16. The number of hydrogen-bond donors (Lipinski definition) is 1. The summed E-state index contributed by atoms with van der Waals surface area (Å²) in [5, 5.41) is 10.5. The Balaban J connectivity index is 1.83. The van der Waals surface area contributed by atoms with Crippen molar-refractivity contribution in [1.29, 1.82) is 0 Å². The summed E-state index contributed by atoms with van der Waals surface area (Å²) in [6.45, 7) is 4.21. The number of hydrogen-bond acceptors (Lipinski definition) is 4. The third-order valence-electron chi connectivity index (χ3n) is 3.07. The third-order valence-corrected chi connectivity index (χ3v) is 3.07. The highest BCUT2D eigenvalue weighted by atomic mass is 16.5. The number of fused-ring (bicyclic) bond motifs is 1. The Morgan fingerprint density at radius 3 is 2.82 bits per heavy atom. The Labute approximate surface area is 99.4 Å². The summed E-state index contributed by atoms with van der Waals surface area (Å²) in [5.74, 6) is 1.17. The van der Waals surface area contributed by atoms with E-state index in [9.17, 15) is 5.11 Å². The molecule has 0 aliphatic carbocycles. The van der Waals surface area contributed by atoms with Gasteiger partial charge in [0.25, 0.3) is 0 Å². The lowest BCUT2D eigenvalue weighted by Gasteiger charge is -2.25. The molecule has 1 aromatic carbocycles. The number of morpholine rings is 1. The Morgan fingerprint density at radius 2 is 2.06 bits per heavy atom. The molecule has 90 valence electrons. The first-order chi connectivity index (χ1) is 8.33. The van der Waals surface area contributed by atoms with Gasteiger partial charge in [0.2, 0.25) is 0 Å². The number of furan rings is 1. The smallest absolute Gasteiger partial charge is 0.138 e. The second-order valence-corrected chi connectivity index (χ2v) is 4.29. The lowest BCUT2D eigenvalue weighted by Crippen LogP contribution is -2.35. The molecule has 0 unspecified atom stereocenters. The molecule has 4 heteroatoms. The van der Waals surface area contributed by atoms with E-state index in [2.05, 4.69) is 4.90 Å². The second kappa shape index (κ2) is 4.39. The summed E-state index contributed by atoms with van der Waals surface area (Å²) in [5.41, 5.74) is 0.744. The minimum Gasteiger partial charge on any atom is -0.507 e. The predicted molar refractivity (Wildman–Crippen MR) is 64.0 cm³/mol. The van der Waals surface area contributed by atoms with Crippen molar-refractivity contribution >= 4 is 11.0 Å². The summed E-state index contributed by atoms with van der Waals surface area (Å²) >= 11 is 0. The van der Waals surface area contributed by atoms with E-state index < -0.39 is 0 Å². The number of ether oxygens (including phenoxy) is 1. The Hall–Kier alpha value is -1.52. The topological polar surface area (TPSA) is 45.8 Å². The fraction of sp³-hybridized carbons (Fsp3) is 0.385. The minimum absolute atomic E-state index is 0.277. The monoisotopic (exact) mass is 233 g/mol. The summed E-state index contributed by atoms with van der Waals surface area (Å²) in [6.07, 6.45) is 0. The van der Waals surface area contributed by atoms with Gasteiger partial charge in [0, 0.05) is 13.1 Å². The number of phenols is 1. The van der Waals surface area contributed by atoms with Crippen LogP contribution < -0.4 is 0 Å². The van der Waals surface area contributed by atoms with Gasteiger partial charge in [0.15, 0.2) is 0 Å². The molecule has 2 aromatic rings. The zero-order valence-corrected chi connectivity index (χ0v) is 9.56. The number of aromatic hydroxyl groups is 1. The van der Waals surface area contributed by atoms with E-state index in [0.717, 1.165) is 49.6 Å². The molecule has 1 fully saturated rings. The molecule has 1 N–H and O–H groups in total. The van der Waals surface area contributed by atoms with Crippen LogP contribution in [0.15, 0.2) is 28.7 Å². The van der Waals surface area contributed by atoms with Crippen molar-refractivity contribution < 1.29 is 14.3 Å². The molecular formula is C13H15NO3. The maximum Gasteiger partial charge on any atom is 0.138 e. The summed E-state index contributed by atoms with van der Waals surface area (Å²) < 4.78 is 11.0. The van der Waals surface area contributed by atoms with Crippen molar-refractivity contribution in [3.8, 4) is 5.75 Å². The van der Waals surface area contributed by atoms with Crippen LogP contribution in [0.4, 0.5) is 0 Å². The van der Waals surface area contributed by atoms with Crippen molar-refractivity contribution in [2.24, 2.45) is 0 Å². The van der Waals surface area contributed by atoms with E-state index in [1.807, 2.05) is 12.1 Å². The van der Waals surface area contributed by atoms with Crippen molar-refractivity contribution in [3.63, 3.8) is 0 Å². The van der Waals surface area contributed by atoms with Gasteiger partial charge in [-0.15, -0.1) is 0 Å². The van der Waals surface area contributed by atoms with Crippen LogP contribution in [0.1, 0.15) is 5.76 Å². The quantitative estimate of drug-likeness (QED) is 0.861. The molecule has 17 heavy (non-hydrogen) atoms. The van der Waals surface area contributed by atoms with Crippen LogP contribution in [-0.2, 0) is 11.3 Å². The van der Waals surface area contributed by atoms with E-state index in [1.165, 1.54) is 0 Å². The van der Waals surface area contributed by atoms with E-state index in [4.69, 9.17) is 9.15 Å². The van der Waals surface area contributed by atoms with E-state index in [0.29, 0.717) is 0 Å². The van der Waals surface area contributed by atoms with Crippen LogP contribution in [0, 0.1) is 0 Å². The van der Waals surface area contributed by atoms with Crippen LogP contribution >= 0.6 is 0 Å². The standard InChI is InChI=1S/C13H15NO3/c15-12-2-1-3-13-11(12)8-10(17-13)9-14-4-6-16-7-5-14/h1-3,8,15H,4-7,9H2. The number of benzene rings is 1. The molecule has 0 radical (unpaired) electrons. The highest BCUT2D eigenvalue weighted by Crippen LogP contribution is 2.28. The molecular weight excluding hydrogens is 218 g/mol. The number of nitrogens with zero attached hydrogens (tertiary/aromatic N) is 1. The molecule has 4 nitrogen and oxygen atoms in total. The predicted octanol–water partition coefficient (Wildman–Crippen LogP) is 1.97. The van der Waals surface area contributed by atoms with Crippen LogP contribution in [-0.4, -0.2) is 36.3 Å². The Morgan fingerprint density at radius 1 is 1.24 bits per heavy atom. The van der Waals surface area contributed by atoms with Crippen LogP contribution in [0.3, 0.4) is 0 Å². The lowest BCUT2D eigenvalue weighted by molar-refractivity contribution is 0.0315. The van der Waals surface area contributed by atoms with Crippen molar-refractivity contribution in [2.45, 2.75) is 6.54 Å². The molecule has 0 spiro atoms. The maximum atomic E-state index is 9.70. The summed E-state index contributed by atoms with van der Waals surface area (Å²) in [6, 6.07) is 7.26. The first-order valence-corrected chi connectivity index (χ1v) is 5.83. The van der Waals surface area contributed by atoms with Gasteiger partial charge in [0.1, 0.15) is 17.1 Å². The fourth-order valence-electron chi connectivity index (χ4n) is 2.16. The van der Waals surface area contributed by atoms with E-state index in [1.54, 1.807) is 12.1 Å². The van der Waals surface area contributed by atoms with Gasteiger partial charge in [-0.3, -0.25) is 4.90 Å². The van der Waals surface area contributed by atoms with Crippen LogP contribution in [0.2, 0.25) is 0 Å². The molecule has 0 bridgehead atoms. The summed E-state index contributed by atoms with van der Waals surface area (Å²) in [4.78, 5) is 2.29. The van der Waals surface area contributed by atoms with Gasteiger partial charge < -0.3 is 14.3 Å². The van der Waals surface area contributed by atoms with Crippen molar-refractivity contribution in [3.05, 3.63) is 30.0 Å². The zero-order chi connectivity index (χ0) is 11.7. The van der Waals surface area contributed by atoms with Crippen molar-refractivity contribution in [2.75, 3.05) is 26.3 Å². The molecule has 0 saturated carbocycles. The largest absolute Gasteiger partial charge is 0.507 e. The molecule has 2 heterocycles. The Bertz CT molecular complexity index is 514. The first-order valence-electron chi connectivity index (χ1n) is 5.83. The minimum atomic E-state index is 0.277. The van der Waals surface area contributed by atoms with Gasteiger partial charge in [-0.2, -0.15) is 0 Å². The molecule has 1 aliphatic heterocycles. The van der Waals surface area contributed by atoms with E-state index >= 15 is 0 Å². The summed E-state index contributed by atoms with van der Waals surface area (Å²) in [7, 11) is 0. The van der Waals surface area contributed by atoms with Gasteiger partial charge in [0.05, 0.1) is 25.1 Å². The van der Waals surface area contributed by atoms with Crippen LogP contribution in [0.25, 0.3) is 11.0 Å². The van der Waals surface area contributed by atoms with Crippen LogP contribution in [0.5, 0.6) is 5.75 Å². The zero-order valence-electron chi connectivity index (χ0n) is 9.56. The van der Waals surface area contributed by atoms with E-state index in [-0.39, 0.29) is 5.75 Å². The second-order valence-electron chi connectivity index (χ2n) is 4.29. The van der Waals surface area contributed by atoms with Gasteiger partial charge in [-0.1, -0.05) is 6.07 Å². The highest BCUT2D eigenvalue weighted by molar-refractivity contribution is 5.84. The molecule has 1 aromatic heterocycles. The van der Waals surface area contributed by atoms with Gasteiger partial charge in [-0.25, -0.2) is 0 Å². The van der Waals surface area contributed by atoms with Gasteiger partial charge in [-0.05, 0) is 18.2 Å². The Kier molecular flexibility index (Phi) is 2.74. The molecule has 3 rings (SSSR count). The molecule has 0 atom stereocenters. The first kappa shape index (κ1) is 10.6. The number of phenolic OH excluding ortho intramolecular Hbond substituents is 1. The van der Waals surface area contributed by atoms with Gasteiger partial charge >= 0.3 is 0 Å². The highest BCUT2D eigenvalue weighted by Gasteiger charge is 2.14. The third kappa shape index (κ3) is 2.14. The normalized spacial score (nSPS) is 17.6. The molecule has 0 amide bonds. The molecule has 1 saturated heterocycles. The SMILES string of the molecule is Oc1cccc2oc(CN3CCOCC3)cc12. The maximum absolute atomic E-state index is 9.70. The van der Waals surface area contributed by atoms with Crippen molar-refractivity contribution in [1.82, 2.24) is 4.90 Å². The average molecular weight is 233 g/mol.